The quantitative estimate of drug-likeness (QED) is 0.597. The number of hydrogen-bond donors (Lipinski definition) is 1. The normalized spacial score (nSPS) is 10.3. The van der Waals surface area contributed by atoms with Crippen LogP contribution in [0, 0.1) is 0 Å². The zero-order valence-corrected chi connectivity index (χ0v) is 11.9. The van der Waals surface area contributed by atoms with Crippen LogP contribution in [0.4, 0.5) is 0 Å². The molecule has 0 saturated carbocycles. The van der Waals surface area contributed by atoms with Gasteiger partial charge in [0.15, 0.2) is 11.6 Å². The Morgan fingerprint density at radius 3 is 1.43 bits per heavy atom. The molecule has 0 aliphatic heterocycles. The topological polar surface area (TPSA) is 46.2 Å². The lowest BCUT2D eigenvalue weighted by Gasteiger charge is -2.04. The minimum atomic E-state index is 0.123. The molecule has 0 bridgehead atoms. The number of carbonyl (C=O) groups excluding carboxylic acids is 2. The second-order valence-corrected chi connectivity index (χ2v) is 4.83. The molecule has 2 aromatic carbocycles. The second kappa shape index (κ2) is 8.12. The van der Waals surface area contributed by atoms with E-state index in [2.05, 4.69) is 5.32 Å². The van der Waals surface area contributed by atoms with E-state index in [0.29, 0.717) is 25.9 Å². The van der Waals surface area contributed by atoms with Gasteiger partial charge in [-0.1, -0.05) is 60.7 Å². The van der Waals surface area contributed by atoms with Crippen molar-refractivity contribution in [2.24, 2.45) is 0 Å². The van der Waals surface area contributed by atoms with Gasteiger partial charge in [0.05, 0.1) is 0 Å². The van der Waals surface area contributed by atoms with Crippen LogP contribution in [0.1, 0.15) is 33.6 Å². The Morgan fingerprint density at radius 2 is 1.05 bits per heavy atom. The Morgan fingerprint density at radius 1 is 0.667 bits per heavy atom. The number of benzene rings is 2. The first-order valence-corrected chi connectivity index (χ1v) is 7.14. The first kappa shape index (κ1) is 15.1. The highest BCUT2D eigenvalue weighted by Gasteiger charge is 2.06. The Balaban J connectivity index is 1.64. The van der Waals surface area contributed by atoms with Crippen LogP contribution in [0.25, 0.3) is 0 Å². The van der Waals surface area contributed by atoms with E-state index >= 15 is 0 Å². The molecule has 0 unspecified atom stereocenters. The monoisotopic (exact) mass is 281 g/mol. The maximum atomic E-state index is 11.9. The summed E-state index contributed by atoms with van der Waals surface area (Å²) in [5.41, 5.74) is 1.47. The summed E-state index contributed by atoms with van der Waals surface area (Å²) >= 11 is 0. The molecular formula is C18H19NO2. The average molecular weight is 281 g/mol. The van der Waals surface area contributed by atoms with Gasteiger partial charge in [0.2, 0.25) is 0 Å². The highest BCUT2D eigenvalue weighted by molar-refractivity contribution is 5.96. The summed E-state index contributed by atoms with van der Waals surface area (Å²) in [6.45, 7) is 1.19. The molecule has 0 heterocycles. The molecule has 3 heteroatoms. The molecule has 0 aliphatic rings. The maximum absolute atomic E-state index is 11.9. The lowest BCUT2D eigenvalue weighted by Crippen LogP contribution is -2.21. The lowest BCUT2D eigenvalue weighted by atomic mass is 10.1. The van der Waals surface area contributed by atoms with Crippen molar-refractivity contribution in [1.29, 1.82) is 0 Å². The van der Waals surface area contributed by atoms with Crippen molar-refractivity contribution in [2.75, 3.05) is 13.1 Å². The molecule has 0 aliphatic carbocycles. The van der Waals surface area contributed by atoms with Crippen LogP contribution in [0.15, 0.2) is 60.7 Å². The molecule has 0 fully saturated rings. The van der Waals surface area contributed by atoms with Gasteiger partial charge in [-0.15, -0.1) is 0 Å². The van der Waals surface area contributed by atoms with Crippen LogP contribution < -0.4 is 5.32 Å². The number of Topliss-reactive ketones (excluding diaryl/α,β-unsaturated/α-hetero) is 2. The number of nitrogens with one attached hydrogen (secondary N) is 1. The molecule has 0 atom stereocenters. The van der Waals surface area contributed by atoms with E-state index in [9.17, 15) is 9.59 Å². The van der Waals surface area contributed by atoms with Gasteiger partial charge in [0, 0.05) is 37.1 Å². The van der Waals surface area contributed by atoms with E-state index in [-0.39, 0.29) is 11.6 Å². The van der Waals surface area contributed by atoms with E-state index in [1.165, 1.54) is 0 Å². The van der Waals surface area contributed by atoms with Crippen molar-refractivity contribution in [3.8, 4) is 0 Å². The summed E-state index contributed by atoms with van der Waals surface area (Å²) in [7, 11) is 0. The van der Waals surface area contributed by atoms with Crippen molar-refractivity contribution in [3.63, 3.8) is 0 Å². The van der Waals surface area contributed by atoms with Gasteiger partial charge in [-0.05, 0) is 0 Å². The van der Waals surface area contributed by atoms with Gasteiger partial charge in [0.25, 0.3) is 0 Å². The minimum absolute atomic E-state index is 0.123. The molecule has 0 radical (unpaired) electrons. The SMILES string of the molecule is O=C(CCNCCC(=O)c1ccccc1)c1ccccc1. The minimum Gasteiger partial charge on any atom is -0.316 e. The third-order valence-electron chi connectivity index (χ3n) is 3.25. The van der Waals surface area contributed by atoms with Gasteiger partial charge in [-0.2, -0.15) is 0 Å². The fourth-order valence-corrected chi connectivity index (χ4v) is 2.07. The summed E-state index contributed by atoms with van der Waals surface area (Å²) in [4.78, 5) is 23.7. The largest absolute Gasteiger partial charge is 0.316 e. The van der Waals surface area contributed by atoms with Crippen LogP contribution >= 0.6 is 0 Å². The Bertz CT molecular complexity index is 525. The predicted octanol–water partition coefficient (Wildman–Crippen LogP) is 3.12. The van der Waals surface area contributed by atoms with E-state index in [1.807, 2.05) is 60.7 Å². The number of carbonyl (C=O) groups is 2. The first-order chi connectivity index (χ1) is 10.3. The number of ketones is 2. The third kappa shape index (κ3) is 4.97. The van der Waals surface area contributed by atoms with Crippen molar-refractivity contribution >= 4 is 11.6 Å². The van der Waals surface area contributed by atoms with Gasteiger partial charge in [-0.25, -0.2) is 0 Å². The molecule has 2 rings (SSSR count). The Hall–Kier alpha value is -2.26. The molecule has 108 valence electrons. The maximum Gasteiger partial charge on any atom is 0.164 e. The highest BCUT2D eigenvalue weighted by Crippen LogP contribution is 2.03. The van der Waals surface area contributed by atoms with Gasteiger partial charge in [-0.3, -0.25) is 9.59 Å². The summed E-state index contributed by atoms with van der Waals surface area (Å²) in [6, 6.07) is 18.5. The van der Waals surface area contributed by atoms with E-state index in [4.69, 9.17) is 0 Å². The lowest BCUT2D eigenvalue weighted by molar-refractivity contribution is 0.0982. The molecule has 2 aromatic rings. The van der Waals surface area contributed by atoms with Crippen LogP contribution in [0.2, 0.25) is 0 Å². The molecule has 0 spiro atoms. The van der Waals surface area contributed by atoms with E-state index in [0.717, 1.165) is 11.1 Å². The number of hydrogen-bond acceptors (Lipinski definition) is 3. The van der Waals surface area contributed by atoms with Gasteiger partial charge in [0.1, 0.15) is 0 Å². The van der Waals surface area contributed by atoms with Crippen LogP contribution in [0.3, 0.4) is 0 Å². The van der Waals surface area contributed by atoms with Crippen molar-refractivity contribution < 1.29 is 9.59 Å². The zero-order valence-electron chi connectivity index (χ0n) is 11.9. The first-order valence-electron chi connectivity index (χ1n) is 7.14. The van der Waals surface area contributed by atoms with Crippen molar-refractivity contribution in [3.05, 3.63) is 71.8 Å². The molecular weight excluding hydrogens is 262 g/mol. The fraction of sp³-hybridized carbons (Fsp3) is 0.222. The molecule has 21 heavy (non-hydrogen) atoms. The summed E-state index contributed by atoms with van der Waals surface area (Å²) in [6.07, 6.45) is 0.896. The standard InChI is InChI=1S/C18H19NO2/c20-17(15-7-3-1-4-8-15)11-13-19-14-12-18(21)16-9-5-2-6-10-16/h1-10,19H,11-14H2. The smallest absolute Gasteiger partial charge is 0.164 e. The molecule has 0 aromatic heterocycles. The molecule has 1 N–H and O–H groups in total. The summed E-state index contributed by atoms with van der Waals surface area (Å²) in [5, 5.41) is 3.15. The molecule has 0 amide bonds. The van der Waals surface area contributed by atoms with Crippen molar-refractivity contribution in [1.82, 2.24) is 5.32 Å². The fourth-order valence-electron chi connectivity index (χ4n) is 2.07. The summed E-state index contributed by atoms with van der Waals surface area (Å²) < 4.78 is 0. The Kier molecular flexibility index (Phi) is 5.85. The predicted molar refractivity (Wildman–Crippen MR) is 83.6 cm³/mol. The van der Waals surface area contributed by atoms with Crippen LogP contribution in [-0.2, 0) is 0 Å². The highest BCUT2D eigenvalue weighted by atomic mass is 16.1. The van der Waals surface area contributed by atoms with Gasteiger partial charge < -0.3 is 5.32 Å². The van der Waals surface area contributed by atoms with E-state index in [1.54, 1.807) is 0 Å². The van der Waals surface area contributed by atoms with Gasteiger partial charge >= 0.3 is 0 Å². The third-order valence-corrected chi connectivity index (χ3v) is 3.25. The van der Waals surface area contributed by atoms with E-state index < -0.39 is 0 Å². The number of rotatable bonds is 8. The Labute approximate surface area is 125 Å². The van der Waals surface area contributed by atoms with Crippen molar-refractivity contribution in [2.45, 2.75) is 12.8 Å². The second-order valence-electron chi connectivity index (χ2n) is 4.83. The van der Waals surface area contributed by atoms with Crippen LogP contribution in [0.5, 0.6) is 0 Å². The average Bonchev–Trinajstić information content (AvgIpc) is 2.55. The molecule has 3 nitrogen and oxygen atoms in total. The zero-order chi connectivity index (χ0) is 14.9. The van der Waals surface area contributed by atoms with Crippen LogP contribution in [-0.4, -0.2) is 24.7 Å². The summed E-state index contributed by atoms with van der Waals surface area (Å²) in [5.74, 6) is 0.245. The molecule has 0 saturated heterocycles.